The van der Waals surface area contributed by atoms with Crippen LogP contribution < -0.4 is 19.8 Å². The molecule has 0 unspecified atom stereocenters. The van der Waals surface area contributed by atoms with Crippen molar-refractivity contribution in [2.75, 3.05) is 33.9 Å². The second-order valence-corrected chi connectivity index (χ2v) is 6.77. The molecule has 0 aliphatic heterocycles. The fourth-order valence-electron chi connectivity index (χ4n) is 3.15. The summed E-state index contributed by atoms with van der Waals surface area (Å²) in [5, 5.41) is 0.470. The number of methoxy groups -OCH3 is 2. The monoisotopic (exact) mass is 397 g/mol. The zero-order valence-corrected chi connectivity index (χ0v) is 17.3. The lowest BCUT2D eigenvalue weighted by atomic mass is 10.2. The van der Waals surface area contributed by atoms with Gasteiger partial charge in [-0.25, -0.2) is 4.98 Å². The zero-order chi connectivity index (χ0) is 20.8. The van der Waals surface area contributed by atoms with Gasteiger partial charge in [0.1, 0.15) is 18.2 Å². The standard InChI is InChI=1S/C22H27N3O4/c1-5-25(9-10-29-16-8-6-7-15(2)11-16)14-21-23-18-13-20(28-4)19(27-3)12-17(18)22(26)24-21/h6-8,11-13H,5,9-10,14H2,1-4H3,(H,23,24,26). The molecule has 0 amide bonds. The van der Waals surface area contributed by atoms with Crippen molar-refractivity contribution in [2.24, 2.45) is 0 Å². The maximum atomic E-state index is 12.5. The van der Waals surface area contributed by atoms with Crippen LogP contribution >= 0.6 is 0 Å². The largest absolute Gasteiger partial charge is 0.493 e. The van der Waals surface area contributed by atoms with E-state index in [1.807, 2.05) is 31.2 Å². The third-order valence-corrected chi connectivity index (χ3v) is 4.75. The van der Waals surface area contributed by atoms with Gasteiger partial charge in [-0.1, -0.05) is 19.1 Å². The average Bonchev–Trinajstić information content (AvgIpc) is 2.72. The molecule has 7 nitrogen and oxygen atoms in total. The van der Waals surface area contributed by atoms with Gasteiger partial charge in [-0.3, -0.25) is 9.69 Å². The molecule has 154 valence electrons. The van der Waals surface area contributed by atoms with E-state index < -0.39 is 0 Å². The Kier molecular flexibility index (Phi) is 6.72. The molecule has 0 aliphatic carbocycles. The van der Waals surface area contributed by atoms with Crippen LogP contribution in [0.15, 0.2) is 41.2 Å². The quantitative estimate of drug-likeness (QED) is 0.598. The number of nitrogens with zero attached hydrogens (tertiary/aromatic N) is 2. The van der Waals surface area contributed by atoms with Crippen LogP contribution in [0.1, 0.15) is 18.3 Å². The third kappa shape index (κ3) is 5.06. The van der Waals surface area contributed by atoms with Crippen LogP contribution in [0.3, 0.4) is 0 Å². The summed E-state index contributed by atoms with van der Waals surface area (Å²) in [7, 11) is 3.10. The van der Waals surface area contributed by atoms with E-state index in [0.29, 0.717) is 41.4 Å². The molecule has 0 spiro atoms. The predicted molar refractivity (Wildman–Crippen MR) is 113 cm³/mol. The first kappa shape index (κ1) is 20.7. The fraction of sp³-hybridized carbons (Fsp3) is 0.364. The van der Waals surface area contributed by atoms with Crippen LogP contribution in [0.4, 0.5) is 0 Å². The van der Waals surface area contributed by atoms with Crippen LogP contribution in [0.2, 0.25) is 0 Å². The van der Waals surface area contributed by atoms with E-state index in [0.717, 1.165) is 18.8 Å². The summed E-state index contributed by atoms with van der Waals surface area (Å²) in [6.45, 7) is 6.72. The Morgan fingerprint density at radius 1 is 1.10 bits per heavy atom. The molecule has 0 bridgehead atoms. The number of rotatable bonds is 9. The molecule has 0 saturated carbocycles. The van der Waals surface area contributed by atoms with Crippen molar-refractivity contribution >= 4 is 10.9 Å². The van der Waals surface area contributed by atoms with E-state index in [1.165, 1.54) is 12.7 Å². The van der Waals surface area contributed by atoms with Gasteiger partial charge in [0.15, 0.2) is 11.5 Å². The second kappa shape index (κ2) is 9.43. The zero-order valence-electron chi connectivity index (χ0n) is 17.3. The average molecular weight is 397 g/mol. The molecule has 0 fully saturated rings. The van der Waals surface area contributed by atoms with Gasteiger partial charge in [-0.15, -0.1) is 0 Å². The summed E-state index contributed by atoms with van der Waals surface area (Å²) in [6.07, 6.45) is 0. The number of H-pyrrole nitrogens is 1. The van der Waals surface area contributed by atoms with Gasteiger partial charge in [0.2, 0.25) is 0 Å². The highest BCUT2D eigenvalue weighted by Gasteiger charge is 2.13. The topological polar surface area (TPSA) is 76.7 Å². The molecule has 2 aromatic carbocycles. The molecule has 0 radical (unpaired) electrons. The van der Waals surface area contributed by atoms with Crippen molar-refractivity contribution in [1.29, 1.82) is 0 Å². The van der Waals surface area contributed by atoms with Gasteiger partial charge in [0, 0.05) is 12.6 Å². The fourth-order valence-corrected chi connectivity index (χ4v) is 3.15. The van der Waals surface area contributed by atoms with E-state index in [-0.39, 0.29) is 5.56 Å². The number of fused-ring (bicyclic) bond motifs is 1. The van der Waals surface area contributed by atoms with Gasteiger partial charge in [-0.05, 0) is 37.2 Å². The molecular weight excluding hydrogens is 370 g/mol. The van der Waals surface area contributed by atoms with Crippen molar-refractivity contribution in [3.05, 3.63) is 58.1 Å². The number of benzene rings is 2. The number of aromatic amines is 1. The molecule has 29 heavy (non-hydrogen) atoms. The van der Waals surface area contributed by atoms with Crippen molar-refractivity contribution in [2.45, 2.75) is 20.4 Å². The molecule has 1 heterocycles. The summed E-state index contributed by atoms with van der Waals surface area (Å²) in [5.41, 5.74) is 1.55. The van der Waals surface area contributed by atoms with Crippen LogP contribution in [0.5, 0.6) is 17.2 Å². The number of ether oxygens (including phenoxy) is 3. The first-order valence-corrected chi connectivity index (χ1v) is 9.60. The maximum absolute atomic E-state index is 12.5. The maximum Gasteiger partial charge on any atom is 0.258 e. The summed E-state index contributed by atoms with van der Waals surface area (Å²) in [4.78, 5) is 22.2. The molecule has 1 aromatic heterocycles. The summed E-state index contributed by atoms with van der Waals surface area (Å²) >= 11 is 0. The van der Waals surface area contributed by atoms with E-state index >= 15 is 0 Å². The van der Waals surface area contributed by atoms with E-state index in [9.17, 15) is 4.79 Å². The van der Waals surface area contributed by atoms with Crippen LogP contribution in [-0.2, 0) is 6.54 Å². The molecule has 0 atom stereocenters. The predicted octanol–water partition coefficient (Wildman–Crippen LogP) is 3.15. The highest BCUT2D eigenvalue weighted by atomic mass is 16.5. The normalized spacial score (nSPS) is 11.1. The Labute approximate surface area is 170 Å². The van der Waals surface area contributed by atoms with Crippen LogP contribution in [0.25, 0.3) is 10.9 Å². The smallest absolute Gasteiger partial charge is 0.258 e. The molecule has 7 heteroatoms. The lowest BCUT2D eigenvalue weighted by molar-refractivity contribution is 0.206. The minimum Gasteiger partial charge on any atom is -0.493 e. The van der Waals surface area contributed by atoms with E-state index in [2.05, 4.69) is 21.8 Å². The SMILES string of the molecule is CCN(CCOc1cccc(C)c1)Cc1nc2cc(OC)c(OC)cc2c(=O)[nH]1. The summed E-state index contributed by atoms with van der Waals surface area (Å²) in [5.74, 6) is 2.51. The first-order chi connectivity index (χ1) is 14.0. The van der Waals surface area contributed by atoms with E-state index in [1.54, 1.807) is 19.2 Å². The summed E-state index contributed by atoms with van der Waals surface area (Å²) in [6, 6.07) is 11.4. The Bertz CT molecular complexity index is 1030. The molecule has 0 saturated heterocycles. The van der Waals surface area contributed by atoms with Crippen LogP contribution in [-0.4, -0.2) is 48.8 Å². The second-order valence-electron chi connectivity index (χ2n) is 6.77. The highest BCUT2D eigenvalue weighted by molar-refractivity contribution is 5.81. The van der Waals surface area contributed by atoms with Crippen LogP contribution in [0, 0.1) is 6.92 Å². The Balaban J connectivity index is 1.72. The van der Waals surface area contributed by atoms with Crippen molar-refractivity contribution in [3.63, 3.8) is 0 Å². The van der Waals surface area contributed by atoms with Gasteiger partial charge in [0.05, 0.1) is 31.7 Å². The number of aryl methyl sites for hydroxylation is 1. The Morgan fingerprint density at radius 3 is 2.55 bits per heavy atom. The molecule has 3 aromatic rings. The first-order valence-electron chi connectivity index (χ1n) is 9.60. The number of hydrogen-bond donors (Lipinski definition) is 1. The molecular formula is C22H27N3O4. The molecule has 3 rings (SSSR count). The minimum absolute atomic E-state index is 0.196. The van der Waals surface area contributed by atoms with Crippen molar-refractivity contribution in [3.8, 4) is 17.2 Å². The minimum atomic E-state index is -0.196. The number of aromatic nitrogens is 2. The van der Waals surface area contributed by atoms with Gasteiger partial charge >= 0.3 is 0 Å². The van der Waals surface area contributed by atoms with E-state index in [4.69, 9.17) is 14.2 Å². The van der Waals surface area contributed by atoms with Gasteiger partial charge < -0.3 is 19.2 Å². The lowest BCUT2D eigenvalue weighted by Crippen LogP contribution is -2.29. The van der Waals surface area contributed by atoms with Crippen molar-refractivity contribution < 1.29 is 14.2 Å². The Hall–Kier alpha value is -3.06. The highest BCUT2D eigenvalue weighted by Crippen LogP contribution is 2.29. The van der Waals surface area contributed by atoms with Gasteiger partial charge in [-0.2, -0.15) is 0 Å². The number of nitrogens with one attached hydrogen (secondary N) is 1. The third-order valence-electron chi connectivity index (χ3n) is 4.75. The molecule has 0 aliphatic rings. The Morgan fingerprint density at radius 2 is 1.86 bits per heavy atom. The lowest BCUT2D eigenvalue weighted by Gasteiger charge is -2.20. The van der Waals surface area contributed by atoms with Gasteiger partial charge in [0.25, 0.3) is 5.56 Å². The molecule has 1 N–H and O–H groups in total. The van der Waals surface area contributed by atoms with Crippen molar-refractivity contribution in [1.82, 2.24) is 14.9 Å². The number of likely N-dealkylation sites (N-methyl/N-ethyl adjacent to an activating group) is 1. The summed E-state index contributed by atoms with van der Waals surface area (Å²) < 4.78 is 16.4. The number of hydrogen-bond acceptors (Lipinski definition) is 6.